The highest BCUT2D eigenvalue weighted by molar-refractivity contribution is 9.09. The summed E-state index contributed by atoms with van der Waals surface area (Å²) in [6.45, 7) is 2.04. The minimum Gasteiger partial charge on any atom is -0.250 e. The summed E-state index contributed by atoms with van der Waals surface area (Å²) in [7, 11) is 0. The average Bonchev–Trinajstić information content (AvgIpc) is 2.66. The van der Waals surface area contributed by atoms with Crippen molar-refractivity contribution < 1.29 is 0 Å². The van der Waals surface area contributed by atoms with Gasteiger partial charge in [0.1, 0.15) is 0 Å². The van der Waals surface area contributed by atoms with Crippen LogP contribution in [0.15, 0.2) is 36.5 Å². The number of hydrogen-bond acceptors (Lipinski definition) is 2. The van der Waals surface area contributed by atoms with Crippen LogP contribution in [0.2, 0.25) is 0 Å². The topological polar surface area (TPSA) is 12.9 Å². The Bertz CT molecular complexity index is 424. The summed E-state index contributed by atoms with van der Waals surface area (Å²) in [6.07, 6.45) is 2.98. The van der Waals surface area contributed by atoms with E-state index < -0.39 is 0 Å². The molecule has 15 heavy (non-hydrogen) atoms. The van der Waals surface area contributed by atoms with E-state index in [1.165, 1.54) is 10.4 Å². The number of halogens is 1. The molecule has 0 saturated carbocycles. The number of hydrogen-bond donors (Lipinski definition) is 0. The summed E-state index contributed by atoms with van der Waals surface area (Å²) in [5.41, 5.74) is 1.35. The molecule has 1 atom stereocenters. The highest BCUT2D eigenvalue weighted by Gasteiger charge is 2.10. The molecule has 0 amide bonds. The van der Waals surface area contributed by atoms with Gasteiger partial charge >= 0.3 is 0 Å². The number of thiazole rings is 1. The fourth-order valence-electron chi connectivity index (χ4n) is 1.44. The first-order valence-electron chi connectivity index (χ1n) is 4.86. The van der Waals surface area contributed by atoms with Crippen LogP contribution in [-0.4, -0.2) is 4.98 Å². The lowest BCUT2D eigenvalue weighted by molar-refractivity contribution is 0.965. The van der Waals surface area contributed by atoms with E-state index in [9.17, 15) is 0 Å². The van der Waals surface area contributed by atoms with Gasteiger partial charge in [-0.3, -0.25) is 0 Å². The molecule has 3 heteroatoms. The number of benzene rings is 1. The summed E-state index contributed by atoms with van der Waals surface area (Å²) in [5, 5.41) is 1.13. The summed E-state index contributed by atoms with van der Waals surface area (Å²) in [5.74, 6) is 0. The van der Waals surface area contributed by atoms with Gasteiger partial charge in [-0.1, -0.05) is 46.3 Å². The minimum absolute atomic E-state index is 0.381. The number of aryl methyl sites for hydroxylation is 1. The normalized spacial score (nSPS) is 12.7. The Morgan fingerprint density at radius 1 is 1.33 bits per heavy atom. The fourth-order valence-corrected chi connectivity index (χ4v) is 2.98. The van der Waals surface area contributed by atoms with Crippen molar-refractivity contribution in [3.8, 4) is 0 Å². The lowest BCUT2D eigenvalue weighted by Crippen LogP contribution is -1.92. The Kier molecular flexibility index (Phi) is 3.54. The van der Waals surface area contributed by atoms with Crippen molar-refractivity contribution in [1.82, 2.24) is 4.98 Å². The van der Waals surface area contributed by atoms with E-state index in [0.29, 0.717) is 4.83 Å². The van der Waals surface area contributed by atoms with Crippen LogP contribution in [-0.2, 0) is 6.42 Å². The first-order chi connectivity index (χ1) is 7.25. The van der Waals surface area contributed by atoms with Crippen molar-refractivity contribution in [1.29, 1.82) is 0 Å². The number of aromatic nitrogens is 1. The molecule has 0 radical (unpaired) electrons. The highest BCUT2D eigenvalue weighted by Crippen LogP contribution is 2.30. The average molecular weight is 282 g/mol. The molecule has 1 heterocycles. The Labute approximate surface area is 102 Å². The van der Waals surface area contributed by atoms with Crippen molar-refractivity contribution in [2.75, 3.05) is 0 Å². The highest BCUT2D eigenvalue weighted by atomic mass is 79.9. The summed E-state index contributed by atoms with van der Waals surface area (Å²) in [6, 6.07) is 10.5. The van der Waals surface area contributed by atoms with Crippen LogP contribution in [0.4, 0.5) is 0 Å². The van der Waals surface area contributed by atoms with Crippen LogP contribution in [0.25, 0.3) is 0 Å². The van der Waals surface area contributed by atoms with Crippen molar-refractivity contribution >= 4 is 27.3 Å². The molecule has 0 saturated heterocycles. The number of alkyl halides is 1. The van der Waals surface area contributed by atoms with Gasteiger partial charge in [-0.25, -0.2) is 4.98 Å². The third-order valence-electron chi connectivity index (χ3n) is 2.21. The smallest absolute Gasteiger partial charge is 0.0897 e. The molecule has 1 nitrogen and oxygen atoms in total. The molecule has 1 aromatic carbocycles. The van der Waals surface area contributed by atoms with Crippen molar-refractivity contribution in [3.05, 3.63) is 52.0 Å². The predicted octanol–water partition coefficient (Wildman–Crippen LogP) is 4.13. The molecule has 0 spiro atoms. The molecule has 78 valence electrons. The standard InChI is InChI=1S/C12H12BrNS/c1-9-14-8-12(15-9)11(13)7-10-5-3-2-4-6-10/h2-6,8,11H,7H2,1H3. The zero-order chi connectivity index (χ0) is 10.7. The molecule has 0 N–H and O–H groups in total. The molecule has 0 aliphatic heterocycles. The third kappa shape index (κ3) is 2.89. The Morgan fingerprint density at radius 3 is 2.67 bits per heavy atom. The molecule has 0 bridgehead atoms. The van der Waals surface area contributed by atoms with E-state index in [0.717, 1.165) is 11.4 Å². The van der Waals surface area contributed by atoms with E-state index in [1.807, 2.05) is 19.2 Å². The lowest BCUT2D eigenvalue weighted by atomic mass is 10.1. The largest absolute Gasteiger partial charge is 0.250 e. The third-order valence-corrected chi connectivity index (χ3v) is 4.35. The molecule has 2 aromatic rings. The van der Waals surface area contributed by atoms with E-state index in [1.54, 1.807) is 11.3 Å². The van der Waals surface area contributed by atoms with E-state index in [4.69, 9.17) is 0 Å². The van der Waals surface area contributed by atoms with Crippen LogP contribution in [0, 0.1) is 6.92 Å². The quantitative estimate of drug-likeness (QED) is 0.771. The second-order valence-corrected chi connectivity index (χ2v) is 5.81. The first kappa shape index (κ1) is 10.8. The number of rotatable bonds is 3. The van der Waals surface area contributed by atoms with Crippen molar-refractivity contribution in [2.24, 2.45) is 0 Å². The monoisotopic (exact) mass is 281 g/mol. The van der Waals surface area contributed by atoms with Gasteiger partial charge < -0.3 is 0 Å². The molecule has 1 aromatic heterocycles. The minimum atomic E-state index is 0.381. The van der Waals surface area contributed by atoms with Gasteiger partial charge in [0, 0.05) is 11.1 Å². The van der Waals surface area contributed by atoms with Crippen LogP contribution < -0.4 is 0 Å². The number of nitrogens with zero attached hydrogens (tertiary/aromatic N) is 1. The molecule has 0 aliphatic carbocycles. The lowest BCUT2D eigenvalue weighted by Gasteiger charge is -2.06. The predicted molar refractivity (Wildman–Crippen MR) is 68.7 cm³/mol. The first-order valence-corrected chi connectivity index (χ1v) is 6.59. The molecular weight excluding hydrogens is 270 g/mol. The van der Waals surface area contributed by atoms with E-state index in [-0.39, 0.29) is 0 Å². The fraction of sp³-hybridized carbons (Fsp3) is 0.250. The molecule has 0 fully saturated rings. The summed E-state index contributed by atoms with van der Waals surface area (Å²) < 4.78 is 0. The maximum absolute atomic E-state index is 4.27. The van der Waals surface area contributed by atoms with Crippen LogP contribution in [0.5, 0.6) is 0 Å². The van der Waals surface area contributed by atoms with Crippen molar-refractivity contribution in [2.45, 2.75) is 18.2 Å². The van der Waals surface area contributed by atoms with Gasteiger partial charge in [-0.15, -0.1) is 11.3 Å². The summed E-state index contributed by atoms with van der Waals surface area (Å²) >= 11 is 5.46. The summed E-state index contributed by atoms with van der Waals surface area (Å²) in [4.78, 5) is 5.95. The van der Waals surface area contributed by atoms with Crippen LogP contribution in [0.3, 0.4) is 0 Å². The van der Waals surface area contributed by atoms with Crippen LogP contribution in [0.1, 0.15) is 20.3 Å². The zero-order valence-electron chi connectivity index (χ0n) is 8.48. The van der Waals surface area contributed by atoms with Crippen LogP contribution >= 0.6 is 27.3 Å². The SMILES string of the molecule is Cc1ncc(C(Br)Cc2ccccc2)s1. The van der Waals surface area contributed by atoms with Gasteiger partial charge in [-0.2, -0.15) is 0 Å². The molecule has 2 rings (SSSR count). The zero-order valence-corrected chi connectivity index (χ0v) is 10.9. The van der Waals surface area contributed by atoms with Gasteiger partial charge in [0.25, 0.3) is 0 Å². The van der Waals surface area contributed by atoms with E-state index >= 15 is 0 Å². The second-order valence-electron chi connectivity index (χ2n) is 3.44. The maximum atomic E-state index is 4.27. The Hall–Kier alpha value is -0.670. The van der Waals surface area contributed by atoms with Gasteiger partial charge in [-0.05, 0) is 18.9 Å². The molecule has 0 aliphatic rings. The molecule has 1 unspecified atom stereocenters. The van der Waals surface area contributed by atoms with E-state index in [2.05, 4.69) is 45.2 Å². The Balaban J connectivity index is 2.07. The van der Waals surface area contributed by atoms with Crippen molar-refractivity contribution in [3.63, 3.8) is 0 Å². The van der Waals surface area contributed by atoms with Gasteiger partial charge in [0.05, 0.1) is 9.83 Å². The Morgan fingerprint density at radius 2 is 2.07 bits per heavy atom. The maximum Gasteiger partial charge on any atom is 0.0897 e. The molecular formula is C12H12BrNS. The van der Waals surface area contributed by atoms with Gasteiger partial charge in [0.2, 0.25) is 0 Å². The van der Waals surface area contributed by atoms with Gasteiger partial charge in [0.15, 0.2) is 0 Å². The second kappa shape index (κ2) is 4.90.